The molecular formula is C23H19ClN4O5. The number of hydrogen-bond acceptors (Lipinski definition) is 7. The molecule has 10 heteroatoms. The monoisotopic (exact) mass is 466 g/mol. The third kappa shape index (κ3) is 4.91. The number of ether oxygens (including phenoxy) is 1. The van der Waals surface area contributed by atoms with Crippen LogP contribution in [0.4, 0.5) is 11.4 Å². The molecule has 0 saturated carbocycles. The Balaban J connectivity index is 1.37. The van der Waals surface area contributed by atoms with E-state index in [1.807, 2.05) is 4.90 Å². The fourth-order valence-corrected chi connectivity index (χ4v) is 3.79. The Hall–Kier alpha value is -4.03. The molecule has 0 unspecified atom stereocenters. The molecule has 3 aromatic rings. The van der Waals surface area contributed by atoms with Crippen molar-refractivity contribution in [3.05, 3.63) is 86.8 Å². The van der Waals surface area contributed by atoms with Crippen LogP contribution in [0.15, 0.2) is 59.0 Å². The van der Waals surface area contributed by atoms with Gasteiger partial charge in [-0.25, -0.2) is 0 Å². The van der Waals surface area contributed by atoms with E-state index >= 15 is 0 Å². The molecule has 33 heavy (non-hydrogen) atoms. The van der Waals surface area contributed by atoms with Gasteiger partial charge in [0.15, 0.2) is 5.76 Å². The quantitative estimate of drug-likeness (QED) is 0.394. The number of halogens is 1. The summed E-state index contributed by atoms with van der Waals surface area (Å²) in [6.07, 6.45) is 0. The van der Waals surface area contributed by atoms with Gasteiger partial charge in [0, 0.05) is 37.3 Å². The van der Waals surface area contributed by atoms with E-state index in [4.69, 9.17) is 26.0 Å². The van der Waals surface area contributed by atoms with Crippen molar-refractivity contribution in [2.45, 2.75) is 6.61 Å². The smallest absolute Gasteiger partial charge is 0.294 e. The molecule has 0 atom stereocenters. The van der Waals surface area contributed by atoms with Crippen molar-refractivity contribution in [3.63, 3.8) is 0 Å². The summed E-state index contributed by atoms with van der Waals surface area (Å²) in [6, 6.07) is 16.8. The maximum atomic E-state index is 12.9. The van der Waals surface area contributed by atoms with Crippen molar-refractivity contribution in [3.8, 4) is 11.8 Å². The molecular weight excluding hydrogens is 448 g/mol. The highest BCUT2D eigenvalue weighted by Crippen LogP contribution is 2.31. The van der Waals surface area contributed by atoms with Crippen LogP contribution < -0.4 is 9.64 Å². The van der Waals surface area contributed by atoms with Crippen LogP contribution in [-0.2, 0) is 6.61 Å². The molecule has 0 aliphatic carbocycles. The summed E-state index contributed by atoms with van der Waals surface area (Å²) in [5.41, 5.74) is 0.835. The molecule has 0 spiro atoms. The summed E-state index contributed by atoms with van der Waals surface area (Å²) in [5, 5.41) is 20.8. The van der Waals surface area contributed by atoms with E-state index in [9.17, 15) is 14.9 Å². The zero-order valence-corrected chi connectivity index (χ0v) is 18.2. The molecule has 1 aromatic heterocycles. The maximum Gasteiger partial charge on any atom is 0.294 e. The normalized spacial score (nSPS) is 13.5. The fraction of sp³-hybridized carbons (Fsp3) is 0.217. The van der Waals surface area contributed by atoms with E-state index in [0.717, 1.165) is 0 Å². The van der Waals surface area contributed by atoms with Gasteiger partial charge in [-0.15, -0.1) is 0 Å². The number of rotatable bonds is 6. The second kappa shape index (κ2) is 9.63. The second-order valence-electron chi connectivity index (χ2n) is 7.33. The number of anilines is 1. The molecule has 0 N–H and O–H groups in total. The first-order valence-corrected chi connectivity index (χ1v) is 10.5. The minimum absolute atomic E-state index is 0.0593. The zero-order valence-electron chi connectivity index (χ0n) is 17.4. The first kappa shape index (κ1) is 22.2. The van der Waals surface area contributed by atoms with Gasteiger partial charge >= 0.3 is 0 Å². The van der Waals surface area contributed by atoms with Gasteiger partial charge in [0.05, 0.1) is 10.5 Å². The van der Waals surface area contributed by atoms with Gasteiger partial charge in [0.2, 0.25) is 0 Å². The SMILES string of the molecule is N#Cc1ccccc1OCc1ccc(C(=O)N2CCN(c3ccc(Cl)cc3[N+](=O)[O-])CC2)o1. The highest BCUT2D eigenvalue weighted by atomic mass is 35.5. The number of nitrogens with zero attached hydrogens (tertiary/aromatic N) is 4. The summed E-state index contributed by atoms with van der Waals surface area (Å²) >= 11 is 5.90. The number of amides is 1. The van der Waals surface area contributed by atoms with E-state index in [0.29, 0.717) is 54.0 Å². The highest BCUT2D eigenvalue weighted by Gasteiger charge is 2.27. The van der Waals surface area contributed by atoms with Gasteiger partial charge in [-0.2, -0.15) is 5.26 Å². The molecule has 1 saturated heterocycles. The maximum absolute atomic E-state index is 12.9. The molecule has 0 bridgehead atoms. The molecule has 2 heterocycles. The molecule has 1 aliphatic heterocycles. The number of furan rings is 1. The van der Waals surface area contributed by atoms with Crippen LogP contribution in [0.3, 0.4) is 0 Å². The Morgan fingerprint density at radius 1 is 1.15 bits per heavy atom. The summed E-state index contributed by atoms with van der Waals surface area (Å²) < 4.78 is 11.3. The molecule has 1 aliphatic rings. The topological polar surface area (TPSA) is 113 Å². The summed E-state index contributed by atoms with van der Waals surface area (Å²) in [7, 11) is 0. The van der Waals surface area contributed by atoms with Gasteiger partial charge in [-0.1, -0.05) is 23.7 Å². The van der Waals surface area contributed by atoms with Crippen LogP contribution in [-0.4, -0.2) is 41.9 Å². The van der Waals surface area contributed by atoms with Crippen molar-refractivity contribution in [1.29, 1.82) is 5.26 Å². The lowest BCUT2D eigenvalue weighted by atomic mass is 10.2. The van der Waals surface area contributed by atoms with E-state index < -0.39 is 4.92 Å². The standard InChI is InChI=1S/C23H19ClN4O5/c24-17-5-7-19(20(13-17)28(30)31)26-9-11-27(12-10-26)23(29)22-8-6-18(33-22)15-32-21-4-2-1-3-16(21)14-25/h1-8,13H,9-12,15H2. The largest absolute Gasteiger partial charge is 0.484 e. The average Bonchev–Trinajstić information content (AvgIpc) is 3.31. The Kier molecular flexibility index (Phi) is 6.47. The van der Waals surface area contributed by atoms with Gasteiger partial charge in [-0.05, 0) is 36.4 Å². The zero-order chi connectivity index (χ0) is 23.4. The van der Waals surface area contributed by atoms with Gasteiger partial charge in [-0.3, -0.25) is 14.9 Å². The lowest BCUT2D eigenvalue weighted by molar-refractivity contribution is -0.384. The van der Waals surface area contributed by atoms with Crippen molar-refractivity contribution in [1.82, 2.24) is 4.90 Å². The highest BCUT2D eigenvalue weighted by molar-refractivity contribution is 6.30. The number of benzene rings is 2. The van der Waals surface area contributed by atoms with Crippen molar-refractivity contribution in [2.75, 3.05) is 31.1 Å². The lowest BCUT2D eigenvalue weighted by Crippen LogP contribution is -2.48. The van der Waals surface area contributed by atoms with Crippen LogP contribution in [0.5, 0.6) is 5.75 Å². The first-order chi connectivity index (χ1) is 16.0. The van der Waals surface area contributed by atoms with E-state index in [2.05, 4.69) is 6.07 Å². The molecule has 9 nitrogen and oxygen atoms in total. The molecule has 2 aromatic carbocycles. The predicted molar refractivity (Wildman–Crippen MR) is 120 cm³/mol. The number of carbonyl (C=O) groups is 1. The van der Waals surface area contributed by atoms with Gasteiger partial charge < -0.3 is 19.0 Å². The van der Waals surface area contributed by atoms with Gasteiger partial charge in [0.25, 0.3) is 11.6 Å². The minimum Gasteiger partial charge on any atom is -0.484 e. The summed E-state index contributed by atoms with van der Waals surface area (Å²) in [5.74, 6) is 0.829. The third-order valence-corrected chi connectivity index (χ3v) is 5.53. The number of hydrogen-bond donors (Lipinski definition) is 0. The Morgan fingerprint density at radius 2 is 1.91 bits per heavy atom. The van der Waals surface area contributed by atoms with Crippen LogP contribution in [0, 0.1) is 21.4 Å². The minimum atomic E-state index is -0.458. The number of nitriles is 1. The summed E-state index contributed by atoms with van der Waals surface area (Å²) in [6.45, 7) is 1.74. The van der Waals surface area contributed by atoms with E-state index in [1.165, 1.54) is 6.07 Å². The summed E-state index contributed by atoms with van der Waals surface area (Å²) in [4.78, 5) is 27.3. The number of nitro benzene ring substituents is 1. The number of para-hydroxylation sites is 1. The van der Waals surface area contributed by atoms with Crippen LogP contribution in [0.1, 0.15) is 21.9 Å². The molecule has 0 radical (unpaired) electrons. The van der Waals surface area contributed by atoms with Crippen molar-refractivity contribution < 1.29 is 18.9 Å². The average molecular weight is 467 g/mol. The Morgan fingerprint density at radius 3 is 2.64 bits per heavy atom. The first-order valence-electron chi connectivity index (χ1n) is 10.1. The molecule has 1 amide bonds. The second-order valence-corrected chi connectivity index (χ2v) is 7.77. The molecule has 4 rings (SSSR count). The Bertz CT molecular complexity index is 1230. The van der Waals surface area contributed by atoms with Crippen LogP contribution in [0.2, 0.25) is 5.02 Å². The van der Waals surface area contributed by atoms with Crippen molar-refractivity contribution >= 4 is 28.9 Å². The van der Waals surface area contributed by atoms with Gasteiger partial charge in [0.1, 0.15) is 29.9 Å². The number of piperazine rings is 1. The molecule has 1 fully saturated rings. The number of nitro groups is 1. The van der Waals surface area contributed by atoms with Crippen LogP contribution in [0.25, 0.3) is 0 Å². The predicted octanol–water partition coefficient (Wildman–Crippen LogP) is 4.25. The van der Waals surface area contributed by atoms with E-state index in [1.54, 1.807) is 53.4 Å². The molecule has 168 valence electrons. The van der Waals surface area contributed by atoms with Crippen molar-refractivity contribution in [2.24, 2.45) is 0 Å². The number of carbonyl (C=O) groups excluding carboxylic acids is 1. The lowest BCUT2D eigenvalue weighted by Gasteiger charge is -2.35. The third-order valence-electron chi connectivity index (χ3n) is 5.29. The van der Waals surface area contributed by atoms with Crippen LogP contribution >= 0.6 is 11.6 Å². The Labute approximate surface area is 194 Å². The fourth-order valence-electron chi connectivity index (χ4n) is 3.62. The van der Waals surface area contributed by atoms with E-state index in [-0.39, 0.29) is 24.0 Å².